The van der Waals surface area contributed by atoms with Crippen LogP contribution in [0.5, 0.6) is 0 Å². The summed E-state index contributed by atoms with van der Waals surface area (Å²) in [5.74, 6) is 1.42. The van der Waals surface area contributed by atoms with Crippen LogP contribution >= 0.6 is 12.2 Å². The highest BCUT2D eigenvalue weighted by Crippen LogP contribution is 2.62. The first-order valence-electron chi connectivity index (χ1n) is 8.58. The summed E-state index contributed by atoms with van der Waals surface area (Å²) in [4.78, 5) is 0.395. The van der Waals surface area contributed by atoms with Gasteiger partial charge in [-0.2, -0.15) is 0 Å². The second-order valence-electron chi connectivity index (χ2n) is 8.31. The molecule has 0 heterocycles. The highest BCUT2D eigenvalue weighted by Gasteiger charge is 2.58. The van der Waals surface area contributed by atoms with Crippen LogP contribution in [-0.2, 0) is 15.3 Å². The van der Waals surface area contributed by atoms with Crippen molar-refractivity contribution >= 4 is 27.2 Å². The number of nitrogens with two attached hydrogens (primary N) is 1. The maximum absolute atomic E-state index is 11.7. The Balaban J connectivity index is 1.71. The van der Waals surface area contributed by atoms with Gasteiger partial charge in [0.15, 0.2) is 14.9 Å². The molecular formula is C18H24N2O2S2. The summed E-state index contributed by atoms with van der Waals surface area (Å²) in [5, 5.41) is 3.83. The van der Waals surface area contributed by atoms with Crippen molar-refractivity contribution in [3.63, 3.8) is 0 Å². The van der Waals surface area contributed by atoms with Crippen molar-refractivity contribution < 1.29 is 8.42 Å². The normalized spacial score (nSPS) is 37.4. The first kappa shape index (κ1) is 16.3. The first-order valence-corrected chi connectivity index (χ1v) is 10.9. The maximum atomic E-state index is 11.7. The van der Waals surface area contributed by atoms with Crippen molar-refractivity contribution in [3.8, 4) is 0 Å². The lowest BCUT2D eigenvalue weighted by Gasteiger charge is -2.62. The fourth-order valence-corrected chi connectivity index (χ4v) is 6.91. The van der Waals surface area contributed by atoms with Gasteiger partial charge in [0, 0.05) is 11.8 Å². The molecule has 1 aromatic rings. The Hall–Kier alpha value is -1.14. The molecule has 2 unspecified atom stereocenters. The van der Waals surface area contributed by atoms with E-state index in [0.717, 1.165) is 19.3 Å². The fourth-order valence-electron chi connectivity index (χ4n) is 6.06. The number of nitrogens with one attached hydrogen (secondary N) is 1. The van der Waals surface area contributed by atoms with Gasteiger partial charge in [-0.3, -0.25) is 0 Å². The molecule has 4 nitrogen and oxygen atoms in total. The molecule has 2 atom stereocenters. The lowest BCUT2D eigenvalue weighted by Crippen LogP contribution is -2.65. The zero-order valence-electron chi connectivity index (χ0n) is 13.9. The number of rotatable bonds is 3. The quantitative estimate of drug-likeness (QED) is 0.807. The first-order chi connectivity index (χ1) is 11.2. The van der Waals surface area contributed by atoms with Crippen molar-refractivity contribution in [2.24, 2.45) is 17.6 Å². The minimum atomic E-state index is -3.15. The predicted octanol–water partition coefficient (Wildman–Crippen LogP) is 2.51. The second-order valence-corrected chi connectivity index (χ2v) is 10.8. The van der Waals surface area contributed by atoms with Gasteiger partial charge in [-0.15, -0.1) is 0 Å². The molecule has 0 amide bonds. The Morgan fingerprint density at radius 2 is 1.75 bits per heavy atom. The topological polar surface area (TPSA) is 72.2 Å². The molecule has 4 bridgehead atoms. The zero-order chi connectivity index (χ0) is 17.2. The van der Waals surface area contributed by atoms with Gasteiger partial charge in [-0.1, -0.05) is 12.1 Å². The van der Waals surface area contributed by atoms with Crippen LogP contribution in [0.2, 0.25) is 0 Å². The second kappa shape index (κ2) is 5.18. The lowest BCUT2D eigenvalue weighted by atomic mass is 9.45. The number of hydrogen-bond donors (Lipinski definition) is 2. The number of sulfone groups is 1. The molecule has 6 heteroatoms. The van der Waals surface area contributed by atoms with Crippen molar-refractivity contribution in [1.82, 2.24) is 5.32 Å². The Morgan fingerprint density at radius 1 is 1.17 bits per heavy atom. The van der Waals surface area contributed by atoms with Gasteiger partial charge in [0.2, 0.25) is 0 Å². The summed E-state index contributed by atoms with van der Waals surface area (Å²) in [5.41, 5.74) is 7.26. The molecule has 4 aliphatic rings. The van der Waals surface area contributed by atoms with E-state index in [1.54, 1.807) is 12.1 Å². The van der Waals surface area contributed by atoms with Crippen LogP contribution in [0.25, 0.3) is 0 Å². The monoisotopic (exact) mass is 364 g/mol. The van der Waals surface area contributed by atoms with Gasteiger partial charge in [0.05, 0.1) is 4.90 Å². The van der Waals surface area contributed by atoms with Crippen LogP contribution in [-0.4, -0.2) is 25.3 Å². The molecule has 0 saturated heterocycles. The molecule has 1 aromatic carbocycles. The lowest BCUT2D eigenvalue weighted by molar-refractivity contribution is -0.0320. The molecular weight excluding hydrogens is 340 g/mol. The molecule has 5 rings (SSSR count). The molecule has 0 radical (unpaired) electrons. The van der Waals surface area contributed by atoms with E-state index in [2.05, 4.69) is 5.32 Å². The Morgan fingerprint density at radius 3 is 2.25 bits per heavy atom. The van der Waals surface area contributed by atoms with Gasteiger partial charge in [0.1, 0.15) is 0 Å². The van der Waals surface area contributed by atoms with Crippen LogP contribution in [0.15, 0.2) is 29.2 Å². The number of hydrogen-bond acceptors (Lipinski definition) is 3. The average Bonchev–Trinajstić information content (AvgIpc) is 2.43. The van der Waals surface area contributed by atoms with Crippen molar-refractivity contribution in [2.45, 2.75) is 54.4 Å². The zero-order valence-corrected chi connectivity index (χ0v) is 15.6. The third kappa shape index (κ3) is 2.64. The Labute approximate surface area is 149 Å². The van der Waals surface area contributed by atoms with Gasteiger partial charge in [-0.25, -0.2) is 8.42 Å². The van der Waals surface area contributed by atoms with Gasteiger partial charge < -0.3 is 11.1 Å². The summed E-state index contributed by atoms with van der Waals surface area (Å²) in [6.45, 7) is 0. The Kier molecular flexibility index (Phi) is 3.52. The molecule has 0 aromatic heterocycles. The molecule has 3 N–H and O–H groups in total. The predicted molar refractivity (Wildman–Crippen MR) is 98.6 cm³/mol. The van der Waals surface area contributed by atoms with Crippen LogP contribution in [0, 0.1) is 11.8 Å². The van der Waals surface area contributed by atoms with Crippen LogP contribution in [0.1, 0.15) is 44.1 Å². The van der Waals surface area contributed by atoms with Crippen LogP contribution in [0.3, 0.4) is 0 Å². The summed E-state index contributed by atoms with van der Waals surface area (Å²) >= 11 is 5.14. The van der Waals surface area contributed by atoms with E-state index in [1.165, 1.54) is 31.1 Å². The van der Waals surface area contributed by atoms with E-state index >= 15 is 0 Å². The van der Waals surface area contributed by atoms with E-state index in [4.69, 9.17) is 18.0 Å². The van der Waals surface area contributed by atoms with Crippen LogP contribution < -0.4 is 11.1 Å². The number of thiocarbonyl (C=S) groups is 1. The molecule has 24 heavy (non-hydrogen) atoms. The average molecular weight is 365 g/mol. The molecule has 4 saturated carbocycles. The SMILES string of the molecule is CS(=O)(=O)c1ccc(C23CC4CC(CC(NC(N)=S)(C4)C2)C3)cc1. The minimum Gasteiger partial charge on any atom is -0.376 e. The minimum absolute atomic E-state index is 0.0332. The van der Waals surface area contributed by atoms with E-state index in [1.807, 2.05) is 12.1 Å². The molecule has 130 valence electrons. The molecule has 0 spiro atoms. The van der Waals surface area contributed by atoms with E-state index in [9.17, 15) is 8.42 Å². The van der Waals surface area contributed by atoms with Crippen molar-refractivity contribution in [2.75, 3.05) is 6.26 Å². The molecule has 4 aliphatic carbocycles. The highest BCUT2D eigenvalue weighted by atomic mass is 32.2. The summed E-state index contributed by atoms with van der Waals surface area (Å²) in [6.07, 6.45) is 8.32. The third-order valence-electron chi connectivity index (χ3n) is 6.34. The Bertz CT molecular complexity index is 772. The van der Waals surface area contributed by atoms with Gasteiger partial charge in [0.25, 0.3) is 0 Å². The smallest absolute Gasteiger partial charge is 0.175 e. The maximum Gasteiger partial charge on any atom is 0.175 e. The van der Waals surface area contributed by atoms with Gasteiger partial charge in [-0.05, 0) is 85.7 Å². The largest absolute Gasteiger partial charge is 0.376 e. The van der Waals surface area contributed by atoms with Crippen molar-refractivity contribution in [1.29, 1.82) is 0 Å². The third-order valence-corrected chi connectivity index (χ3v) is 7.57. The molecule has 0 aliphatic heterocycles. The molecule has 4 fully saturated rings. The van der Waals surface area contributed by atoms with Gasteiger partial charge >= 0.3 is 0 Å². The van der Waals surface area contributed by atoms with E-state index < -0.39 is 9.84 Å². The summed E-state index contributed by atoms with van der Waals surface area (Å²) < 4.78 is 23.5. The van der Waals surface area contributed by atoms with E-state index in [-0.39, 0.29) is 11.0 Å². The summed E-state index contributed by atoms with van der Waals surface area (Å²) in [6, 6.07) is 7.57. The van der Waals surface area contributed by atoms with Crippen molar-refractivity contribution in [3.05, 3.63) is 29.8 Å². The highest BCUT2D eigenvalue weighted by molar-refractivity contribution is 7.90. The fraction of sp³-hybridized carbons (Fsp3) is 0.611. The standard InChI is InChI=1S/C18H24N2O2S2/c1-24(21,22)15-4-2-14(3-5-15)17-7-12-6-13(8-17)10-18(9-12,11-17)20-16(19)23/h2-5,12-13H,6-11H2,1H3,(H3,19,20,23). The number of benzene rings is 1. The van der Waals surface area contributed by atoms with E-state index in [0.29, 0.717) is 21.8 Å². The summed E-state index contributed by atoms with van der Waals surface area (Å²) in [7, 11) is -3.15. The van der Waals surface area contributed by atoms with Crippen LogP contribution in [0.4, 0.5) is 0 Å².